The average molecular weight is 286 g/mol. The van der Waals surface area contributed by atoms with Gasteiger partial charge in [-0.3, -0.25) is 0 Å². The number of hydrogen-bond acceptors (Lipinski definition) is 3. The standard InChI is InChI=1S/C17H22N2O2/c1-3-4-5-8-11-18-16(17(20)21-2)14-12-19-15-10-7-6-9-13(14)15/h3,6-7,9-10,12,16,18-19H,1,4-5,8,11H2,2H3/t16-/m1/s1. The van der Waals surface area contributed by atoms with Gasteiger partial charge in [0, 0.05) is 22.7 Å². The topological polar surface area (TPSA) is 54.1 Å². The molecule has 0 fully saturated rings. The second-order valence-electron chi connectivity index (χ2n) is 4.98. The molecule has 1 atom stereocenters. The van der Waals surface area contributed by atoms with E-state index in [1.165, 1.54) is 7.11 Å². The number of methoxy groups -OCH3 is 1. The maximum atomic E-state index is 12.1. The van der Waals surface area contributed by atoms with E-state index in [1.54, 1.807) is 0 Å². The number of hydrogen-bond donors (Lipinski definition) is 2. The molecular weight excluding hydrogens is 264 g/mol. The predicted octanol–water partition coefficient (Wildman–Crippen LogP) is 3.33. The first-order valence-electron chi connectivity index (χ1n) is 7.26. The fourth-order valence-corrected chi connectivity index (χ4v) is 2.43. The predicted molar refractivity (Wildman–Crippen MR) is 85.1 cm³/mol. The number of rotatable bonds is 8. The molecule has 2 aromatic rings. The van der Waals surface area contributed by atoms with E-state index in [2.05, 4.69) is 16.9 Å². The molecule has 0 saturated heterocycles. The van der Waals surface area contributed by atoms with Gasteiger partial charge in [-0.15, -0.1) is 6.58 Å². The van der Waals surface area contributed by atoms with Crippen molar-refractivity contribution in [1.29, 1.82) is 0 Å². The number of allylic oxidation sites excluding steroid dienone is 1. The summed E-state index contributed by atoms with van der Waals surface area (Å²) in [4.78, 5) is 15.3. The van der Waals surface area contributed by atoms with E-state index in [0.29, 0.717) is 0 Å². The van der Waals surface area contributed by atoms with Gasteiger partial charge in [-0.25, -0.2) is 4.79 Å². The van der Waals surface area contributed by atoms with Crippen molar-refractivity contribution in [2.75, 3.05) is 13.7 Å². The molecule has 21 heavy (non-hydrogen) atoms. The molecule has 1 heterocycles. The van der Waals surface area contributed by atoms with Crippen LogP contribution in [0.2, 0.25) is 0 Å². The zero-order valence-corrected chi connectivity index (χ0v) is 12.4. The molecule has 112 valence electrons. The molecule has 2 N–H and O–H groups in total. The number of ether oxygens (including phenoxy) is 1. The van der Waals surface area contributed by atoms with Crippen molar-refractivity contribution in [3.63, 3.8) is 0 Å². The Labute approximate surface area is 125 Å². The van der Waals surface area contributed by atoms with Crippen LogP contribution >= 0.6 is 0 Å². The number of carbonyl (C=O) groups excluding carboxylic acids is 1. The molecule has 0 unspecified atom stereocenters. The monoisotopic (exact) mass is 286 g/mol. The molecule has 0 saturated carbocycles. The molecule has 1 aromatic carbocycles. The van der Waals surface area contributed by atoms with Crippen LogP contribution in [0.1, 0.15) is 30.9 Å². The van der Waals surface area contributed by atoms with Gasteiger partial charge >= 0.3 is 5.97 Å². The zero-order chi connectivity index (χ0) is 15.1. The van der Waals surface area contributed by atoms with Gasteiger partial charge in [-0.1, -0.05) is 24.3 Å². The first kappa shape index (κ1) is 15.3. The van der Waals surface area contributed by atoms with Crippen LogP contribution in [0.15, 0.2) is 43.1 Å². The third-order valence-corrected chi connectivity index (χ3v) is 3.55. The van der Waals surface area contributed by atoms with Gasteiger partial charge in [0.25, 0.3) is 0 Å². The number of H-pyrrole nitrogens is 1. The number of para-hydroxylation sites is 1. The Morgan fingerprint density at radius 3 is 3.00 bits per heavy atom. The molecule has 0 bridgehead atoms. The highest BCUT2D eigenvalue weighted by atomic mass is 16.5. The maximum absolute atomic E-state index is 12.1. The van der Waals surface area contributed by atoms with Gasteiger partial charge in [0.05, 0.1) is 7.11 Å². The van der Waals surface area contributed by atoms with Gasteiger partial charge in [-0.05, 0) is 31.9 Å². The van der Waals surface area contributed by atoms with E-state index in [1.807, 2.05) is 36.5 Å². The van der Waals surface area contributed by atoms with Crippen LogP contribution in [-0.4, -0.2) is 24.6 Å². The number of esters is 1. The first-order valence-corrected chi connectivity index (χ1v) is 7.26. The second-order valence-corrected chi connectivity index (χ2v) is 4.98. The highest BCUT2D eigenvalue weighted by molar-refractivity contribution is 5.89. The number of fused-ring (bicyclic) bond motifs is 1. The van der Waals surface area contributed by atoms with Crippen LogP contribution in [0.3, 0.4) is 0 Å². The summed E-state index contributed by atoms with van der Waals surface area (Å²) >= 11 is 0. The first-order chi connectivity index (χ1) is 10.3. The van der Waals surface area contributed by atoms with Crippen molar-refractivity contribution in [3.8, 4) is 0 Å². The molecule has 1 aromatic heterocycles. The number of nitrogens with one attached hydrogen (secondary N) is 2. The Hall–Kier alpha value is -2.07. The average Bonchev–Trinajstić information content (AvgIpc) is 2.94. The Morgan fingerprint density at radius 1 is 1.43 bits per heavy atom. The van der Waals surface area contributed by atoms with Crippen LogP contribution in [0.4, 0.5) is 0 Å². The van der Waals surface area contributed by atoms with Crippen LogP contribution in [0.5, 0.6) is 0 Å². The van der Waals surface area contributed by atoms with Gasteiger partial charge in [0.15, 0.2) is 0 Å². The fourth-order valence-electron chi connectivity index (χ4n) is 2.43. The Balaban J connectivity index is 2.12. The van der Waals surface area contributed by atoms with Gasteiger partial charge in [0.2, 0.25) is 0 Å². The van der Waals surface area contributed by atoms with Crippen molar-refractivity contribution < 1.29 is 9.53 Å². The number of unbranched alkanes of at least 4 members (excludes halogenated alkanes) is 2. The molecule has 0 aliphatic carbocycles. The van der Waals surface area contributed by atoms with Crippen molar-refractivity contribution in [2.24, 2.45) is 0 Å². The molecule has 0 aliphatic heterocycles. The minimum absolute atomic E-state index is 0.261. The third kappa shape index (κ3) is 3.73. The van der Waals surface area contributed by atoms with Crippen molar-refractivity contribution >= 4 is 16.9 Å². The summed E-state index contributed by atoms with van der Waals surface area (Å²) in [6.07, 6.45) is 6.86. The lowest BCUT2D eigenvalue weighted by Gasteiger charge is -2.16. The van der Waals surface area contributed by atoms with Crippen molar-refractivity contribution in [1.82, 2.24) is 10.3 Å². The lowest BCUT2D eigenvalue weighted by Crippen LogP contribution is -2.30. The van der Waals surface area contributed by atoms with E-state index >= 15 is 0 Å². The van der Waals surface area contributed by atoms with Gasteiger partial charge < -0.3 is 15.0 Å². The summed E-state index contributed by atoms with van der Waals surface area (Å²) in [7, 11) is 1.42. The molecular formula is C17H22N2O2. The second kappa shape index (κ2) is 7.64. The Kier molecular flexibility index (Phi) is 5.58. The van der Waals surface area contributed by atoms with Crippen LogP contribution in [0, 0.1) is 0 Å². The van der Waals surface area contributed by atoms with Gasteiger partial charge in [-0.2, -0.15) is 0 Å². The molecule has 0 spiro atoms. The summed E-state index contributed by atoms with van der Waals surface area (Å²) in [6, 6.07) is 7.51. The van der Waals surface area contributed by atoms with Crippen LogP contribution in [0.25, 0.3) is 10.9 Å². The minimum atomic E-state index is -0.435. The van der Waals surface area contributed by atoms with E-state index in [-0.39, 0.29) is 5.97 Å². The lowest BCUT2D eigenvalue weighted by molar-refractivity contribution is -0.143. The summed E-state index contributed by atoms with van der Waals surface area (Å²) < 4.78 is 4.93. The Bertz CT molecular complexity index is 604. The summed E-state index contributed by atoms with van der Waals surface area (Å²) in [5.41, 5.74) is 1.95. The normalized spacial score (nSPS) is 12.2. The number of aromatic amines is 1. The summed E-state index contributed by atoms with van der Waals surface area (Å²) in [6.45, 7) is 4.48. The lowest BCUT2D eigenvalue weighted by atomic mass is 10.1. The zero-order valence-electron chi connectivity index (χ0n) is 12.4. The van der Waals surface area contributed by atoms with E-state index in [4.69, 9.17) is 4.74 Å². The SMILES string of the molecule is C=CCCCCN[C@@H](C(=O)OC)c1c[nH]c2ccccc12. The molecule has 0 amide bonds. The largest absolute Gasteiger partial charge is 0.468 e. The molecule has 0 radical (unpaired) electrons. The quantitative estimate of drug-likeness (QED) is 0.444. The summed E-state index contributed by atoms with van der Waals surface area (Å²) in [5.74, 6) is -0.261. The van der Waals surface area contributed by atoms with E-state index < -0.39 is 6.04 Å². The van der Waals surface area contributed by atoms with E-state index in [0.717, 1.165) is 42.3 Å². The number of aromatic nitrogens is 1. The highest BCUT2D eigenvalue weighted by Crippen LogP contribution is 2.24. The summed E-state index contributed by atoms with van der Waals surface area (Å²) in [5, 5.41) is 4.34. The van der Waals surface area contributed by atoms with Crippen LogP contribution < -0.4 is 5.32 Å². The molecule has 4 nitrogen and oxygen atoms in total. The smallest absolute Gasteiger partial charge is 0.327 e. The van der Waals surface area contributed by atoms with Crippen molar-refractivity contribution in [3.05, 3.63) is 48.7 Å². The van der Waals surface area contributed by atoms with Crippen molar-refractivity contribution in [2.45, 2.75) is 25.3 Å². The maximum Gasteiger partial charge on any atom is 0.327 e. The third-order valence-electron chi connectivity index (χ3n) is 3.55. The molecule has 4 heteroatoms. The van der Waals surface area contributed by atoms with Crippen LogP contribution in [-0.2, 0) is 9.53 Å². The van der Waals surface area contributed by atoms with E-state index in [9.17, 15) is 4.79 Å². The number of carbonyl (C=O) groups is 1. The molecule has 2 rings (SSSR count). The highest BCUT2D eigenvalue weighted by Gasteiger charge is 2.23. The number of benzene rings is 1. The Morgan fingerprint density at radius 2 is 2.24 bits per heavy atom. The minimum Gasteiger partial charge on any atom is -0.468 e. The van der Waals surface area contributed by atoms with Gasteiger partial charge in [0.1, 0.15) is 6.04 Å². The molecule has 0 aliphatic rings. The fraction of sp³-hybridized carbons (Fsp3) is 0.353.